The first kappa shape index (κ1) is 16.0. The smallest absolute Gasteiger partial charge is 0.322 e. The van der Waals surface area contributed by atoms with Crippen LogP contribution in [0.4, 0.5) is 10.5 Å². The van der Waals surface area contributed by atoms with Crippen LogP contribution in [0.15, 0.2) is 29.2 Å². The summed E-state index contributed by atoms with van der Waals surface area (Å²) in [7, 11) is -1.01. The lowest BCUT2D eigenvalue weighted by molar-refractivity contribution is -0.0860. The lowest BCUT2D eigenvalue weighted by Crippen LogP contribution is -2.53. The van der Waals surface area contributed by atoms with E-state index < -0.39 is 10.8 Å². The number of urea groups is 1. The van der Waals surface area contributed by atoms with E-state index in [2.05, 4.69) is 12.2 Å². The number of amides is 2. The zero-order valence-electron chi connectivity index (χ0n) is 12.7. The average Bonchev–Trinajstić information content (AvgIpc) is 2.48. The Morgan fingerprint density at radius 1 is 1.43 bits per heavy atom. The van der Waals surface area contributed by atoms with Gasteiger partial charge in [-0.05, 0) is 37.6 Å². The molecule has 2 atom stereocenters. The van der Waals surface area contributed by atoms with Crippen LogP contribution in [0.3, 0.4) is 0 Å². The molecule has 5 nitrogen and oxygen atoms in total. The van der Waals surface area contributed by atoms with Crippen molar-refractivity contribution in [2.75, 3.05) is 31.3 Å². The van der Waals surface area contributed by atoms with Crippen LogP contribution in [0.1, 0.15) is 20.3 Å². The lowest BCUT2D eigenvalue weighted by atomic mass is 10.0. The van der Waals surface area contributed by atoms with Gasteiger partial charge in [-0.3, -0.25) is 4.21 Å². The van der Waals surface area contributed by atoms with Crippen LogP contribution < -0.4 is 5.32 Å². The Bertz CT molecular complexity index is 532. The number of benzene rings is 1. The third-order valence-corrected chi connectivity index (χ3v) is 4.75. The predicted molar refractivity (Wildman–Crippen MR) is 84.0 cm³/mol. The highest BCUT2D eigenvalue weighted by molar-refractivity contribution is 7.84. The molecule has 1 aromatic rings. The number of hydrogen-bond donors (Lipinski definition) is 1. The van der Waals surface area contributed by atoms with Crippen LogP contribution in [0.2, 0.25) is 0 Å². The van der Waals surface area contributed by atoms with Gasteiger partial charge in [-0.2, -0.15) is 0 Å². The summed E-state index contributed by atoms with van der Waals surface area (Å²) in [6.07, 6.45) is 2.50. The van der Waals surface area contributed by atoms with Crippen LogP contribution in [0, 0.1) is 0 Å². The summed E-state index contributed by atoms with van der Waals surface area (Å²) >= 11 is 0. The Hall–Kier alpha value is -1.40. The lowest BCUT2D eigenvalue weighted by Gasteiger charge is -2.39. The fraction of sp³-hybridized carbons (Fsp3) is 0.533. The van der Waals surface area contributed by atoms with E-state index in [1.54, 1.807) is 35.4 Å². The molecule has 0 bridgehead atoms. The number of nitrogens with zero attached hydrogens (tertiary/aromatic N) is 1. The van der Waals surface area contributed by atoms with Crippen molar-refractivity contribution in [3.63, 3.8) is 0 Å². The first-order valence-corrected chi connectivity index (χ1v) is 8.63. The second-order valence-electron chi connectivity index (χ2n) is 5.48. The Kier molecular flexibility index (Phi) is 5.00. The third-order valence-electron chi connectivity index (χ3n) is 3.81. The molecule has 2 rings (SSSR count). The third kappa shape index (κ3) is 4.04. The van der Waals surface area contributed by atoms with Crippen molar-refractivity contribution < 1.29 is 13.7 Å². The number of anilines is 1. The van der Waals surface area contributed by atoms with Gasteiger partial charge in [0.15, 0.2) is 0 Å². The highest BCUT2D eigenvalue weighted by atomic mass is 32.2. The normalized spacial score (nSPS) is 23.7. The molecule has 0 aliphatic carbocycles. The summed E-state index contributed by atoms with van der Waals surface area (Å²) < 4.78 is 17.1. The van der Waals surface area contributed by atoms with E-state index >= 15 is 0 Å². The van der Waals surface area contributed by atoms with Crippen molar-refractivity contribution in [2.24, 2.45) is 0 Å². The Morgan fingerprint density at radius 3 is 2.67 bits per heavy atom. The molecule has 1 N–H and O–H groups in total. The van der Waals surface area contributed by atoms with Crippen LogP contribution in [0.25, 0.3) is 0 Å². The summed E-state index contributed by atoms with van der Waals surface area (Å²) in [5.41, 5.74) is 0.442. The van der Waals surface area contributed by atoms with E-state index in [1.165, 1.54) is 0 Å². The summed E-state index contributed by atoms with van der Waals surface area (Å²) in [5.74, 6) is 0. The summed E-state index contributed by atoms with van der Waals surface area (Å²) in [6, 6.07) is 6.95. The first-order valence-electron chi connectivity index (χ1n) is 7.07. The number of hydrogen-bond acceptors (Lipinski definition) is 3. The largest absolute Gasteiger partial charge is 0.372 e. The summed E-state index contributed by atoms with van der Waals surface area (Å²) in [5, 5.41) is 2.87. The van der Waals surface area contributed by atoms with Crippen LogP contribution in [-0.2, 0) is 15.5 Å². The van der Waals surface area contributed by atoms with Gasteiger partial charge >= 0.3 is 6.03 Å². The van der Waals surface area contributed by atoms with Crippen molar-refractivity contribution >= 4 is 22.5 Å². The van der Waals surface area contributed by atoms with Gasteiger partial charge in [0.05, 0.1) is 18.8 Å². The molecule has 0 radical (unpaired) electrons. The average molecular weight is 310 g/mol. The van der Waals surface area contributed by atoms with Crippen molar-refractivity contribution in [1.29, 1.82) is 0 Å². The van der Waals surface area contributed by atoms with Crippen molar-refractivity contribution in [3.8, 4) is 0 Å². The SMILES string of the molecule is CC[C@]1(C)CN(C(=O)Nc2ccc([S@](C)=O)cc2)CCO1. The van der Waals surface area contributed by atoms with Crippen molar-refractivity contribution in [3.05, 3.63) is 24.3 Å². The zero-order chi connectivity index (χ0) is 15.5. The van der Waals surface area contributed by atoms with Crippen molar-refractivity contribution in [2.45, 2.75) is 30.8 Å². The van der Waals surface area contributed by atoms with E-state index in [9.17, 15) is 9.00 Å². The van der Waals surface area contributed by atoms with Crippen LogP contribution in [0.5, 0.6) is 0 Å². The molecular formula is C15H22N2O3S. The molecule has 0 aromatic heterocycles. The maximum Gasteiger partial charge on any atom is 0.322 e. The fourth-order valence-electron chi connectivity index (χ4n) is 2.25. The molecule has 1 fully saturated rings. The highest BCUT2D eigenvalue weighted by Gasteiger charge is 2.32. The van der Waals surface area contributed by atoms with Gasteiger partial charge in [0.25, 0.3) is 0 Å². The van der Waals surface area contributed by atoms with Crippen LogP contribution >= 0.6 is 0 Å². The van der Waals surface area contributed by atoms with Gasteiger partial charge in [-0.25, -0.2) is 4.79 Å². The first-order chi connectivity index (χ1) is 9.93. The van der Waals surface area contributed by atoms with Gasteiger partial charge in [0.2, 0.25) is 0 Å². The predicted octanol–water partition coefficient (Wildman–Crippen LogP) is 2.46. The highest BCUT2D eigenvalue weighted by Crippen LogP contribution is 2.22. The van der Waals surface area contributed by atoms with Gasteiger partial charge in [-0.1, -0.05) is 6.92 Å². The van der Waals surface area contributed by atoms with E-state index in [-0.39, 0.29) is 11.6 Å². The Balaban J connectivity index is 1.99. The quantitative estimate of drug-likeness (QED) is 0.933. The molecule has 0 spiro atoms. The van der Waals surface area contributed by atoms with E-state index in [0.29, 0.717) is 25.4 Å². The summed E-state index contributed by atoms with van der Waals surface area (Å²) in [6.45, 7) is 5.83. The minimum Gasteiger partial charge on any atom is -0.372 e. The van der Waals surface area contributed by atoms with E-state index in [0.717, 1.165) is 11.3 Å². The molecule has 1 saturated heterocycles. The van der Waals surface area contributed by atoms with Crippen molar-refractivity contribution in [1.82, 2.24) is 4.90 Å². The standard InChI is InChI=1S/C15H22N2O3S/c1-4-15(2)11-17(9-10-20-15)14(18)16-12-5-7-13(8-6-12)21(3)19/h5-8H,4,9-11H2,1-3H3,(H,16,18)/t15-,21+/m1/s1. The van der Waals surface area contributed by atoms with E-state index in [4.69, 9.17) is 4.74 Å². The van der Waals surface area contributed by atoms with Gasteiger partial charge in [-0.15, -0.1) is 0 Å². The number of ether oxygens (including phenoxy) is 1. The monoisotopic (exact) mass is 310 g/mol. The molecule has 1 aliphatic rings. The zero-order valence-corrected chi connectivity index (χ0v) is 13.5. The van der Waals surface area contributed by atoms with Gasteiger partial charge in [0, 0.05) is 34.2 Å². The molecule has 2 amide bonds. The molecule has 1 heterocycles. The molecular weight excluding hydrogens is 288 g/mol. The molecule has 0 unspecified atom stereocenters. The Labute approximate surface area is 128 Å². The number of carbonyl (C=O) groups excluding carboxylic acids is 1. The molecule has 1 aromatic carbocycles. The number of nitrogens with one attached hydrogen (secondary N) is 1. The molecule has 1 aliphatic heterocycles. The second-order valence-corrected chi connectivity index (χ2v) is 6.86. The minimum absolute atomic E-state index is 0.122. The maximum absolute atomic E-state index is 12.3. The van der Waals surface area contributed by atoms with Gasteiger partial charge < -0.3 is 15.0 Å². The Morgan fingerprint density at radius 2 is 2.10 bits per heavy atom. The minimum atomic E-state index is -1.01. The summed E-state index contributed by atoms with van der Waals surface area (Å²) in [4.78, 5) is 14.8. The van der Waals surface area contributed by atoms with Gasteiger partial charge in [0.1, 0.15) is 0 Å². The molecule has 116 valence electrons. The topological polar surface area (TPSA) is 58.6 Å². The second kappa shape index (κ2) is 6.58. The molecule has 21 heavy (non-hydrogen) atoms. The fourth-order valence-corrected chi connectivity index (χ4v) is 2.77. The number of morpholine rings is 1. The van der Waals surface area contributed by atoms with E-state index in [1.807, 2.05) is 6.92 Å². The molecule has 0 saturated carbocycles. The number of rotatable bonds is 3. The van der Waals surface area contributed by atoms with Crippen LogP contribution in [-0.4, -0.2) is 46.7 Å². The molecule has 6 heteroatoms. The number of carbonyl (C=O) groups is 1. The maximum atomic E-state index is 12.3.